The Balaban J connectivity index is 1.72. The summed E-state index contributed by atoms with van der Waals surface area (Å²) in [5.41, 5.74) is 0.371. The van der Waals surface area contributed by atoms with Crippen LogP contribution in [0.1, 0.15) is 11.5 Å². The Morgan fingerprint density at radius 2 is 2.00 bits per heavy atom. The zero-order valence-electron chi connectivity index (χ0n) is 12.9. The second-order valence-corrected chi connectivity index (χ2v) is 5.83. The van der Waals surface area contributed by atoms with Crippen LogP contribution in [0, 0.1) is 0 Å². The topological polar surface area (TPSA) is 61.0 Å². The quantitative estimate of drug-likeness (QED) is 0.490. The minimum absolute atomic E-state index is 0.0186. The van der Waals surface area contributed by atoms with Gasteiger partial charge in [0.15, 0.2) is 5.16 Å². The number of methoxy groups -OCH3 is 1. The number of thioether (sulfide) groups is 1. The molecule has 0 bridgehead atoms. The highest BCUT2D eigenvalue weighted by Gasteiger charge is 2.32. The standard InChI is InChI=1S/C16H12F3N3O2S/c1-23-13-5-3-2-4-11(13)12-8-10(24-22-12)9-25-15-20-7-6-14(21-15)16(17,18)19/h2-8H,9H2,1H3. The number of ether oxygens (including phenoxy) is 1. The summed E-state index contributed by atoms with van der Waals surface area (Å²) in [6.45, 7) is 0. The van der Waals surface area contributed by atoms with E-state index in [1.54, 1.807) is 19.2 Å². The smallest absolute Gasteiger partial charge is 0.433 e. The fourth-order valence-electron chi connectivity index (χ4n) is 2.07. The number of nitrogens with zero attached hydrogens (tertiary/aromatic N) is 3. The predicted octanol–water partition coefficient (Wildman–Crippen LogP) is 4.45. The first-order valence-electron chi connectivity index (χ1n) is 7.09. The van der Waals surface area contributed by atoms with E-state index in [2.05, 4.69) is 15.1 Å². The van der Waals surface area contributed by atoms with Crippen molar-refractivity contribution in [2.24, 2.45) is 0 Å². The highest BCUT2D eigenvalue weighted by atomic mass is 32.2. The zero-order chi connectivity index (χ0) is 17.9. The second kappa shape index (κ2) is 7.14. The maximum atomic E-state index is 12.7. The highest BCUT2D eigenvalue weighted by Crippen LogP contribution is 2.31. The van der Waals surface area contributed by atoms with Crippen molar-refractivity contribution in [3.8, 4) is 17.0 Å². The number of benzene rings is 1. The summed E-state index contributed by atoms with van der Waals surface area (Å²) in [6.07, 6.45) is -3.42. The molecule has 3 rings (SSSR count). The lowest BCUT2D eigenvalue weighted by atomic mass is 10.1. The molecule has 0 aliphatic carbocycles. The first-order chi connectivity index (χ1) is 12.0. The van der Waals surface area contributed by atoms with Gasteiger partial charge in [-0.05, 0) is 18.2 Å². The zero-order valence-corrected chi connectivity index (χ0v) is 13.8. The van der Waals surface area contributed by atoms with E-state index in [9.17, 15) is 13.2 Å². The minimum Gasteiger partial charge on any atom is -0.496 e. The Hall–Kier alpha value is -2.55. The van der Waals surface area contributed by atoms with Crippen molar-refractivity contribution in [3.63, 3.8) is 0 Å². The van der Waals surface area contributed by atoms with Crippen LogP contribution in [0.4, 0.5) is 13.2 Å². The molecule has 0 spiro atoms. The van der Waals surface area contributed by atoms with Crippen LogP contribution in [0.15, 0.2) is 52.3 Å². The largest absolute Gasteiger partial charge is 0.496 e. The molecule has 2 heterocycles. The summed E-state index contributed by atoms with van der Waals surface area (Å²) in [5.74, 6) is 1.40. The molecular formula is C16H12F3N3O2S. The van der Waals surface area contributed by atoms with Gasteiger partial charge in [0.25, 0.3) is 0 Å². The van der Waals surface area contributed by atoms with Gasteiger partial charge < -0.3 is 9.26 Å². The Bertz CT molecular complexity index is 868. The lowest BCUT2D eigenvalue weighted by Gasteiger charge is -2.05. The number of alkyl halides is 3. The summed E-state index contributed by atoms with van der Waals surface area (Å²) in [4.78, 5) is 7.33. The molecule has 0 aliphatic heterocycles. The molecule has 9 heteroatoms. The molecule has 0 aliphatic rings. The van der Waals surface area contributed by atoms with E-state index in [0.29, 0.717) is 17.2 Å². The van der Waals surface area contributed by atoms with Crippen LogP contribution in [0.5, 0.6) is 5.75 Å². The summed E-state index contributed by atoms with van der Waals surface area (Å²) >= 11 is 1.04. The van der Waals surface area contributed by atoms with Crippen LogP contribution in [0.3, 0.4) is 0 Å². The van der Waals surface area contributed by atoms with Crippen LogP contribution in [-0.4, -0.2) is 22.2 Å². The van der Waals surface area contributed by atoms with Crippen molar-refractivity contribution in [2.75, 3.05) is 7.11 Å². The van der Waals surface area contributed by atoms with Crippen LogP contribution < -0.4 is 4.74 Å². The minimum atomic E-state index is -4.50. The third kappa shape index (κ3) is 4.11. The van der Waals surface area contributed by atoms with E-state index < -0.39 is 11.9 Å². The van der Waals surface area contributed by atoms with Crippen molar-refractivity contribution in [1.29, 1.82) is 0 Å². The highest BCUT2D eigenvalue weighted by molar-refractivity contribution is 7.98. The van der Waals surface area contributed by atoms with E-state index in [0.717, 1.165) is 29.6 Å². The number of halogens is 3. The molecule has 0 saturated heterocycles. The van der Waals surface area contributed by atoms with Gasteiger partial charge in [-0.15, -0.1) is 0 Å². The van der Waals surface area contributed by atoms with Crippen molar-refractivity contribution in [3.05, 3.63) is 54.0 Å². The van der Waals surface area contributed by atoms with Gasteiger partial charge >= 0.3 is 6.18 Å². The molecule has 0 saturated carbocycles. The molecule has 0 amide bonds. The van der Waals surface area contributed by atoms with E-state index in [-0.39, 0.29) is 10.9 Å². The summed E-state index contributed by atoms with van der Waals surface area (Å²) < 4.78 is 48.5. The number of hydrogen-bond donors (Lipinski definition) is 0. The molecule has 0 N–H and O–H groups in total. The molecule has 0 atom stereocenters. The average molecular weight is 367 g/mol. The maximum absolute atomic E-state index is 12.7. The molecule has 3 aromatic rings. The van der Waals surface area contributed by atoms with Crippen LogP contribution >= 0.6 is 11.8 Å². The average Bonchev–Trinajstić information content (AvgIpc) is 3.08. The first-order valence-corrected chi connectivity index (χ1v) is 8.08. The van der Waals surface area contributed by atoms with Crippen LogP contribution in [-0.2, 0) is 11.9 Å². The van der Waals surface area contributed by atoms with Gasteiger partial charge in [-0.1, -0.05) is 29.1 Å². The van der Waals surface area contributed by atoms with E-state index >= 15 is 0 Å². The van der Waals surface area contributed by atoms with Crippen LogP contribution in [0.2, 0.25) is 0 Å². The maximum Gasteiger partial charge on any atom is 0.433 e. The lowest BCUT2D eigenvalue weighted by Crippen LogP contribution is -2.08. The molecular weight excluding hydrogens is 355 g/mol. The Morgan fingerprint density at radius 3 is 2.76 bits per heavy atom. The van der Waals surface area contributed by atoms with Gasteiger partial charge in [0.05, 0.1) is 12.9 Å². The normalized spacial score (nSPS) is 11.5. The Morgan fingerprint density at radius 1 is 1.20 bits per heavy atom. The number of rotatable bonds is 5. The molecule has 25 heavy (non-hydrogen) atoms. The predicted molar refractivity (Wildman–Crippen MR) is 85.1 cm³/mol. The van der Waals surface area contributed by atoms with E-state index in [4.69, 9.17) is 9.26 Å². The van der Waals surface area contributed by atoms with Crippen LogP contribution in [0.25, 0.3) is 11.3 Å². The second-order valence-electron chi connectivity index (χ2n) is 4.89. The molecule has 1 aromatic carbocycles. The van der Waals surface area contributed by atoms with Gasteiger partial charge in [0, 0.05) is 17.8 Å². The Labute approximate surface area is 145 Å². The number of aromatic nitrogens is 3. The van der Waals surface area contributed by atoms with Crippen molar-refractivity contribution in [2.45, 2.75) is 17.1 Å². The van der Waals surface area contributed by atoms with Crippen molar-refractivity contribution in [1.82, 2.24) is 15.1 Å². The van der Waals surface area contributed by atoms with Gasteiger partial charge in [-0.3, -0.25) is 0 Å². The molecule has 0 fully saturated rings. The summed E-state index contributed by atoms with van der Waals surface area (Å²) in [7, 11) is 1.56. The fraction of sp³-hybridized carbons (Fsp3) is 0.188. The fourth-order valence-corrected chi connectivity index (χ4v) is 2.77. The third-order valence-corrected chi connectivity index (χ3v) is 4.09. The van der Waals surface area contributed by atoms with Gasteiger partial charge in [0.1, 0.15) is 22.9 Å². The Kier molecular flexibility index (Phi) is 4.93. The van der Waals surface area contributed by atoms with E-state index in [1.807, 2.05) is 18.2 Å². The summed E-state index contributed by atoms with van der Waals surface area (Å²) in [5, 5.41) is 3.99. The molecule has 130 valence electrons. The number of para-hydroxylation sites is 1. The van der Waals surface area contributed by atoms with Gasteiger partial charge in [-0.2, -0.15) is 13.2 Å². The molecule has 0 unspecified atom stereocenters. The lowest BCUT2D eigenvalue weighted by molar-refractivity contribution is -0.141. The summed E-state index contributed by atoms with van der Waals surface area (Å²) in [6, 6.07) is 9.86. The SMILES string of the molecule is COc1ccccc1-c1cc(CSc2nccc(C(F)(F)F)n2)on1. The molecule has 0 radical (unpaired) electrons. The van der Waals surface area contributed by atoms with Gasteiger partial charge in [0.2, 0.25) is 0 Å². The monoisotopic (exact) mass is 367 g/mol. The third-order valence-electron chi connectivity index (χ3n) is 3.21. The molecule has 5 nitrogen and oxygen atoms in total. The number of hydrogen-bond acceptors (Lipinski definition) is 6. The van der Waals surface area contributed by atoms with Gasteiger partial charge in [-0.25, -0.2) is 9.97 Å². The van der Waals surface area contributed by atoms with Crippen molar-refractivity contribution < 1.29 is 22.4 Å². The first kappa shape index (κ1) is 17.3. The molecule has 2 aromatic heterocycles. The van der Waals surface area contributed by atoms with Crippen molar-refractivity contribution >= 4 is 11.8 Å². The van der Waals surface area contributed by atoms with E-state index in [1.165, 1.54) is 0 Å².